The SMILES string of the molecule is C=C(C)C1=Cc2ccccc2C1(C(=O)OCC)C(=O)OCC. The van der Waals surface area contributed by atoms with Crippen LogP contribution in [0.5, 0.6) is 0 Å². The Morgan fingerprint density at radius 2 is 1.64 bits per heavy atom. The first-order valence-electron chi connectivity index (χ1n) is 7.32. The first-order valence-corrected chi connectivity index (χ1v) is 7.32. The van der Waals surface area contributed by atoms with Crippen molar-refractivity contribution in [2.75, 3.05) is 13.2 Å². The number of fused-ring (bicyclic) bond motifs is 1. The topological polar surface area (TPSA) is 52.6 Å². The smallest absolute Gasteiger partial charge is 0.332 e. The fourth-order valence-corrected chi connectivity index (χ4v) is 2.82. The predicted octanol–water partition coefficient (Wildman–Crippen LogP) is 3.02. The van der Waals surface area contributed by atoms with Gasteiger partial charge in [0.15, 0.2) is 0 Å². The highest BCUT2D eigenvalue weighted by Gasteiger charge is 2.57. The summed E-state index contributed by atoms with van der Waals surface area (Å²) in [7, 11) is 0. The van der Waals surface area contributed by atoms with Gasteiger partial charge in [-0.15, -0.1) is 0 Å². The molecule has 1 aliphatic rings. The van der Waals surface area contributed by atoms with Gasteiger partial charge < -0.3 is 9.47 Å². The molecule has 4 nitrogen and oxygen atoms in total. The largest absolute Gasteiger partial charge is 0.465 e. The zero-order chi connectivity index (χ0) is 16.3. The Bertz CT molecular complexity index is 637. The molecule has 4 heteroatoms. The Balaban J connectivity index is 2.73. The van der Waals surface area contributed by atoms with E-state index in [0.717, 1.165) is 5.56 Å². The van der Waals surface area contributed by atoms with E-state index in [1.807, 2.05) is 18.2 Å². The van der Waals surface area contributed by atoms with Crippen LogP contribution >= 0.6 is 0 Å². The zero-order valence-electron chi connectivity index (χ0n) is 13.1. The summed E-state index contributed by atoms with van der Waals surface area (Å²) in [5.41, 5.74) is 0.989. The molecule has 1 aliphatic carbocycles. The zero-order valence-corrected chi connectivity index (χ0v) is 13.1. The molecule has 116 valence electrons. The lowest BCUT2D eigenvalue weighted by Gasteiger charge is -2.29. The maximum absolute atomic E-state index is 12.8. The number of esters is 2. The lowest BCUT2D eigenvalue weighted by Crippen LogP contribution is -2.46. The van der Waals surface area contributed by atoms with Crippen molar-refractivity contribution in [2.24, 2.45) is 0 Å². The molecule has 1 aromatic carbocycles. The summed E-state index contributed by atoms with van der Waals surface area (Å²) in [5, 5.41) is 0. The molecule has 0 saturated carbocycles. The predicted molar refractivity (Wildman–Crippen MR) is 84.2 cm³/mol. The molecular formula is C18H20O4. The van der Waals surface area contributed by atoms with Gasteiger partial charge in [-0.25, -0.2) is 0 Å². The quantitative estimate of drug-likeness (QED) is 0.619. The second kappa shape index (κ2) is 6.18. The average molecular weight is 300 g/mol. The minimum Gasteiger partial charge on any atom is -0.465 e. The van der Waals surface area contributed by atoms with Crippen molar-refractivity contribution in [3.63, 3.8) is 0 Å². The molecule has 0 bridgehead atoms. The number of benzene rings is 1. The standard InChI is InChI=1S/C18H20O4/c1-5-21-16(19)18(17(20)22-6-2)14-10-8-7-9-13(14)11-15(18)12(3)4/h7-11H,3,5-6H2,1-2,4H3. The number of hydrogen-bond acceptors (Lipinski definition) is 4. The van der Waals surface area contributed by atoms with Gasteiger partial charge >= 0.3 is 11.9 Å². The molecular weight excluding hydrogens is 280 g/mol. The molecule has 0 heterocycles. The van der Waals surface area contributed by atoms with Crippen molar-refractivity contribution in [1.82, 2.24) is 0 Å². The highest BCUT2D eigenvalue weighted by molar-refractivity contribution is 6.14. The van der Waals surface area contributed by atoms with Crippen LogP contribution in [-0.4, -0.2) is 25.2 Å². The van der Waals surface area contributed by atoms with Crippen LogP contribution in [0.2, 0.25) is 0 Å². The van der Waals surface area contributed by atoms with E-state index in [0.29, 0.717) is 16.7 Å². The van der Waals surface area contributed by atoms with Crippen molar-refractivity contribution in [1.29, 1.82) is 0 Å². The molecule has 0 saturated heterocycles. The van der Waals surface area contributed by atoms with Crippen LogP contribution in [0, 0.1) is 0 Å². The van der Waals surface area contributed by atoms with Gasteiger partial charge in [-0.2, -0.15) is 0 Å². The minimum absolute atomic E-state index is 0.186. The summed E-state index contributed by atoms with van der Waals surface area (Å²) < 4.78 is 10.4. The third-order valence-corrected chi connectivity index (χ3v) is 3.69. The van der Waals surface area contributed by atoms with Gasteiger partial charge in [0.05, 0.1) is 13.2 Å². The lowest BCUT2D eigenvalue weighted by atomic mass is 9.75. The first-order chi connectivity index (χ1) is 10.5. The van der Waals surface area contributed by atoms with Crippen molar-refractivity contribution >= 4 is 18.0 Å². The number of rotatable bonds is 5. The maximum Gasteiger partial charge on any atom is 0.332 e. The molecule has 0 fully saturated rings. The van der Waals surface area contributed by atoms with E-state index in [1.165, 1.54) is 0 Å². The van der Waals surface area contributed by atoms with Gasteiger partial charge in [0.2, 0.25) is 5.41 Å². The molecule has 1 aromatic rings. The van der Waals surface area contributed by atoms with Crippen molar-refractivity contribution in [3.05, 3.63) is 53.1 Å². The number of ether oxygens (including phenoxy) is 2. The van der Waals surface area contributed by atoms with Crippen LogP contribution in [0.25, 0.3) is 6.08 Å². The highest BCUT2D eigenvalue weighted by Crippen LogP contribution is 2.46. The van der Waals surface area contributed by atoms with Gasteiger partial charge in [0.25, 0.3) is 0 Å². The third-order valence-electron chi connectivity index (χ3n) is 3.69. The van der Waals surface area contributed by atoms with Crippen LogP contribution in [0.3, 0.4) is 0 Å². The van der Waals surface area contributed by atoms with Gasteiger partial charge in [0.1, 0.15) is 0 Å². The molecule has 0 unspecified atom stereocenters. The Hall–Kier alpha value is -2.36. The third kappa shape index (κ3) is 2.25. The van der Waals surface area contributed by atoms with Gasteiger partial charge in [0, 0.05) is 0 Å². The molecule has 0 aliphatic heterocycles. The van der Waals surface area contributed by atoms with Crippen molar-refractivity contribution < 1.29 is 19.1 Å². The average Bonchev–Trinajstić information content (AvgIpc) is 2.84. The Kier molecular flexibility index (Phi) is 4.50. The fourth-order valence-electron chi connectivity index (χ4n) is 2.82. The molecule has 0 spiro atoms. The van der Waals surface area contributed by atoms with Crippen molar-refractivity contribution in [3.8, 4) is 0 Å². The van der Waals surface area contributed by atoms with E-state index in [1.54, 1.807) is 32.9 Å². The summed E-state index contributed by atoms with van der Waals surface area (Å²) in [4.78, 5) is 25.5. The molecule has 0 atom stereocenters. The summed E-state index contributed by atoms with van der Waals surface area (Å²) in [6.07, 6.45) is 1.81. The lowest BCUT2D eigenvalue weighted by molar-refractivity contribution is -0.162. The van der Waals surface area contributed by atoms with E-state index in [2.05, 4.69) is 6.58 Å². The van der Waals surface area contributed by atoms with E-state index in [9.17, 15) is 9.59 Å². The molecule has 0 aromatic heterocycles. The molecule has 0 N–H and O–H groups in total. The van der Waals surface area contributed by atoms with E-state index in [4.69, 9.17) is 9.47 Å². The van der Waals surface area contributed by atoms with Crippen LogP contribution in [-0.2, 0) is 24.5 Å². The summed E-state index contributed by atoms with van der Waals surface area (Å²) in [5.74, 6) is -1.24. The van der Waals surface area contributed by atoms with Gasteiger partial charge in [-0.1, -0.05) is 36.4 Å². The van der Waals surface area contributed by atoms with E-state index >= 15 is 0 Å². The molecule has 2 rings (SSSR count). The molecule has 0 radical (unpaired) electrons. The summed E-state index contributed by atoms with van der Waals surface area (Å²) >= 11 is 0. The van der Waals surface area contributed by atoms with Crippen molar-refractivity contribution in [2.45, 2.75) is 26.2 Å². The fraction of sp³-hybridized carbons (Fsp3) is 0.333. The van der Waals surface area contributed by atoms with E-state index in [-0.39, 0.29) is 13.2 Å². The maximum atomic E-state index is 12.8. The second-order valence-corrected chi connectivity index (χ2v) is 5.12. The summed E-state index contributed by atoms with van der Waals surface area (Å²) in [6, 6.07) is 7.27. The monoisotopic (exact) mass is 300 g/mol. The summed E-state index contributed by atoms with van der Waals surface area (Å²) in [6.45, 7) is 9.48. The Labute approximate surface area is 130 Å². The molecule has 22 heavy (non-hydrogen) atoms. The number of allylic oxidation sites excluding steroid dienone is 1. The number of carbonyl (C=O) groups excluding carboxylic acids is 2. The van der Waals surface area contributed by atoms with Gasteiger partial charge in [-0.3, -0.25) is 9.59 Å². The van der Waals surface area contributed by atoms with Crippen LogP contribution in [0.4, 0.5) is 0 Å². The van der Waals surface area contributed by atoms with Crippen LogP contribution in [0.1, 0.15) is 31.9 Å². The normalized spacial score (nSPS) is 14.8. The first kappa shape index (κ1) is 16.0. The van der Waals surface area contributed by atoms with Gasteiger partial charge in [-0.05, 0) is 43.5 Å². The van der Waals surface area contributed by atoms with Crippen LogP contribution in [0.15, 0.2) is 42.0 Å². The number of hydrogen-bond donors (Lipinski definition) is 0. The second-order valence-electron chi connectivity index (χ2n) is 5.12. The Morgan fingerprint density at radius 1 is 1.09 bits per heavy atom. The Morgan fingerprint density at radius 3 is 2.14 bits per heavy atom. The highest BCUT2D eigenvalue weighted by atomic mass is 16.6. The van der Waals surface area contributed by atoms with E-state index < -0.39 is 17.4 Å². The van der Waals surface area contributed by atoms with Crippen LogP contribution < -0.4 is 0 Å². The number of carbonyl (C=O) groups is 2. The molecule has 0 amide bonds. The minimum atomic E-state index is -1.57.